The van der Waals surface area contributed by atoms with E-state index in [1.165, 1.54) is 38.5 Å². The highest BCUT2D eigenvalue weighted by Gasteiger charge is 2.49. The van der Waals surface area contributed by atoms with Crippen molar-refractivity contribution in [2.24, 2.45) is 41.1 Å². The van der Waals surface area contributed by atoms with Crippen LogP contribution in [0.2, 0.25) is 0 Å². The minimum Gasteiger partial charge on any atom is -0.387 e. The molecule has 5 aliphatic rings. The predicted molar refractivity (Wildman–Crippen MR) is 139 cm³/mol. The second-order valence-corrected chi connectivity index (χ2v) is 12.6. The van der Waals surface area contributed by atoms with Gasteiger partial charge in [0.2, 0.25) is 5.91 Å². The molecule has 0 bridgehead atoms. The van der Waals surface area contributed by atoms with Crippen LogP contribution in [0, 0.1) is 35.0 Å². The van der Waals surface area contributed by atoms with Crippen molar-refractivity contribution < 1.29 is 9.53 Å². The van der Waals surface area contributed by atoms with E-state index in [1.54, 1.807) is 0 Å². The van der Waals surface area contributed by atoms with E-state index in [1.807, 2.05) is 7.11 Å². The zero-order valence-electron chi connectivity index (χ0n) is 21.8. The fourth-order valence-corrected chi connectivity index (χ4v) is 8.64. The fourth-order valence-electron chi connectivity index (χ4n) is 8.64. The van der Waals surface area contributed by atoms with E-state index in [9.17, 15) is 4.79 Å². The Bertz CT molecular complexity index is 754. The first-order valence-electron chi connectivity index (χ1n) is 14.6. The first-order chi connectivity index (χ1) is 16.9. The van der Waals surface area contributed by atoms with E-state index in [4.69, 9.17) is 21.6 Å². The van der Waals surface area contributed by atoms with Crippen LogP contribution in [-0.2, 0) is 9.53 Å². The van der Waals surface area contributed by atoms with Crippen LogP contribution < -0.4 is 16.8 Å². The molecule has 1 heterocycles. The number of fused-ring (bicyclic) bond motifs is 2. The summed E-state index contributed by atoms with van der Waals surface area (Å²) in [5.41, 5.74) is 12.1. The van der Waals surface area contributed by atoms with E-state index >= 15 is 0 Å². The number of likely N-dealkylation sites (tertiary alicyclic amines) is 1. The van der Waals surface area contributed by atoms with Gasteiger partial charge in [0.15, 0.2) is 0 Å². The number of methoxy groups -OCH3 is 1. The minimum absolute atomic E-state index is 0.0338. The molecular formula is C28H49N5O2. The summed E-state index contributed by atoms with van der Waals surface area (Å²) in [4.78, 5) is 16.3. The summed E-state index contributed by atoms with van der Waals surface area (Å²) in [7, 11) is 1.87. The number of hydrogen-bond donors (Lipinski definition) is 4. The number of amidine groups is 1. The molecule has 8 atom stereocenters. The largest absolute Gasteiger partial charge is 0.387 e. The predicted octanol–water partition coefficient (Wildman–Crippen LogP) is 3.40. The first kappa shape index (κ1) is 25.5. The summed E-state index contributed by atoms with van der Waals surface area (Å²) in [6.45, 7) is 1.02. The number of nitrogens with zero attached hydrogens (tertiary/aromatic N) is 1. The number of carbonyl (C=O) groups is 1. The second-order valence-electron chi connectivity index (χ2n) is 12.6. The Morgan fingerprint density at radius 3 is 2.49 bits per heavy atom. The lowest BCUT2D eigenvalue weighted by Gasteiger charge is -2.46. The third-order valence-corrected chi connectivity index (χ3v) is 10.7. The van der Waals surface area contributed by atoms with E-state index < -0.39 is 0 Å². The average molecular weight is 488 g/mol. The molecule has 5 fully saturated rings. The lowest BCUT2D eigenvalue weighted by molar-refractivity contribution is -0.127. The van der Waals surface area contributed by atoms with Crippen LogP contribution in [0.25, 0.3) is 0 Å². The van der Waals surface area contributed by atoms with Gasteiger partial charge in [-0.15, -0.1) is 0 Å². The smallest absolute Gasteiger partial charge is 0.237 e. The molecule has 1 aliphatic heterocycles. The molecule has 1 amide bonds. The van der Waals surface area contributed by atoms with E-state index in [-0.39, 0.29) is 23.9 Å². The highest BCUT2D eigenvalue weighted by atomic mass is 16.5. The zero-order chi connectivity index (χ0) is 24.5. The maximum atomic E-state index is 13.7. The van der Waals surface area contributed by atoms with E-state index in [0.29, 0.717) is 35.9 Å². The van der Waals surface area contributed by atoms with Crippen LogP contribution in [0.4, 0.5) is 0 Å². The SMILES string of the molecule is COC1CCC2CCCC(CN3C(C(=O)NC4CCC(N)CC4)CC4CCC(C(=N)N)CC43)C2C1. The molecule has 0 aromatic heterocycles. The van der Waals surface area contributed by atoms with Crippen LogP contribution in [-0.4, -0.2) is 60.6 Å². The summed E-state index contributed by atoms with van der Waals surface area (Å²) in [5.74, 6) is 3.50. The van der Waals surface area contributed by atoms with Gasteiger partial charge in [0.25, 0.3) is 0 Å². The lowest BCUT2D eigenvalue weighted by atomic mass is 9.64. The van der Waals surface area contributed by atoms with Crippen LogP contribution >= 0.6 is 0 Å². The number of hydrogen-bond acceptors (Lipinski definition) is 5. The fraction of sp³-hybridized carbons (Fsp3) is 0.929. The molecule has 1 saturated heterocycles. The van der Waals surface area contributed by atoms with Crippen molar-refractivity contribution >= 4 is 11.7 Å². The standard InChI is InChI=1S/C28H49N5O2/c1-35-23-12-7-17-3-2-4-20(24(17)15-23)16-33-25-14-19(27(30)31)6-5-18(25)13-26(33)28(34)32-22-10-8-21(29)9-11-22/h17-26H,2-16,29H2,1H3,(H3,30,31)(H,32,34). The Morgan fingerprint density at radius 2 is 1.74 bits per heavy atom. The molecule has 8 unspecified atom stereocenters. The molecule has 0 radical (unpaired) electrons. The van der Waals surface area contributed by atoms with Crippen molar-refractivity contribution in [3.8, 4) is 0 Å². The number of rotatable bonds is 6. The van der Waals surface area contributed by atoms with Gasteiger partial charge >= 0.3 is 0 Å². The van der Waals surface area contributed by atoms with Crippen molar-refractivity contribution in [1.29, 1.82) is 5.41 Å². The molecule has 0 spiro atoms. The molecule has 0 aromatic rings. The van der Waals surface area contributed by atoms with Gasteiger partial charge in [-0.25, -0.2) is 0 Å². The number of nitrogens with one attached hydrogen (secondary N) is 2. The van der Waals surface area contributed by atoms with Gasteiger partial charge in [-0.05, 0) is 101 Å². The number of amides is 1. The minimum atomic E-state index is -0.0338. The number of ether oxygens (including phenoxy) is 1. The molecule has 7 heteroatoms. The Morgan fingerprint density at radius 1 is 0.971 bits per heavy atom. The third-order valence-electron chi connectivity index (χ3n) is 10.7. The molecule has 198 valence electrons. The number of nitrogens with two attached hydrogens (primary N) is 2. The van der Waals surface area contributed by atoms with Gasteiger partial charge in [-0.2, -0.15) is 0 Å². The highest BCUT2D eigenvalue weighted by Crippen LogP contribution is 2.48. The second kappa shape index (κ2) is 11.1. The van der Waals surface area contributed by atoms with Crippen molar-refractivity contribution in [3.63, 3.8) is 0 Å². The maximum absolute atomic E-state index is 13.7. The maximum Gasteiger partial charge on any atom is 0.237 e. The van der Waals surface area contributed by atoms with Crippen molar-refractivity contribution in [3.05, 3.63) is 0 Å². The molecule has 4 saturated carbocycles. The molecule has 35 heavy (non-hydrogen) atoms. The van der Waals surface area contributed by atoms with Gasteiger partial charge in [0.05, 0.1) is 18.0 Å². The third kappa shape index (κ3) is 5.57. The van der Waals surface area contributed by atoms with E-state index in [2.05, 4.69) is 10.2 Å². The molecule has 4 aliphatic carbocycles. The Hall–Kier alpha value is -1.18. The molecule has 7 nitrogen and oxygen atoms in total. The van der Waals surface area contributed by atoms with Crippen LogP contribution in [0.15, 0.2) is 0 Å². The summed E-state index contributed by atoms with van der Waals surface area (Å²) >= 11 is 0. The average Bonchev–Trinajstić information content (AvgIpc) is 3.23. The number of carbonyl (C=O) groups excluding carboxylic acids is 1. The van der Waals surface area contributed by atoms with E-state index in [0.717, 1.165) is 69.7 Å². The zero-order valence-corrected chi connectivity index (χ0v) is 21.8. The first-order valence-corrected chi connectivity index (χ1v) is 14.6. The molecular weight excluding hydrogens is 438 g/mol. The summed E-state index contributed by atoms with van der Waals surface area (Å²) in [6.07, 6.45) is 16.1. The van der Waals surface area contributed by atoms with Crippen molar-refractivity contribution in [2.45, 2.75) is 120 Å². The topological polar surface area (TPSA) is 117 Å². The lowest BCUT2D eigenvalue weighted by Crippen LogP contribution is -2.53. The summed E-state index contributed by atoms with van der Waals surface area (Å²) in [5, 5.41) is 11.5. The Balaban J connectivity index is 1.32. The van der Waals surface area contributed by atoms with Gasteiger partial charge < -0.3 is 21.5 Å². The Labute approximate surface area is 212 Å². The van der Waals surface area contributed by atoms with Crippen molar-refractivity contribution in [2.75, 3.05) is 13.7 Å². The van der Waals surface area contributed by atoms with Crippen LogP contribution in [0.5, 0.6) is 0 Å². The van der Waals surface area contributed by atoms with Gasteiger partial charge in [-0.1, -0.05) is 12.8 Å². The van der Waals surface area contributed by atoms with Crippen LogP contribution in [0.1, 0.15) is 89.9 Å². The molecule has 5 rings (SSSR count). The van der Waals surface area contributed by atoms with Crippen LogP contribution in [0.3, 0.4) is 0 Å². The summed E-state index contributed by atoms with van der Waals surface area (Å²) < 4.78 is 5.81. The summed E-state index contributed by atoms with van der Waals surface area (Å²) in [6, 6.07) is 0.920. The quantitative estimate of drug-likeness (QED) is 0.338. The monoisotopic (exact) mass is 487 g/mol. The van der Waals surface area contributed by atoms with Crippen molar-refractivity contribution in [1.82, 2.24) is 10.2 Å². The molecule has 0 aromatic carbocycles. The van der Waals surface area contributed by atoms with Gasteiger partial charge in [-0.3, -0.25) is 15.1 Å². The van der Waals surface area contributed by atoms with Gasteiger partial charge in [0, 0.05) is 37.7 Å². The van der Waals surface area contributed by atoms with Gasteiger partial charge in [0.1, 0.15) is 0 Å². The Kier molecular flexibility index (Phi) is 8.05. The normalized spacial score (nSPS) is 44.3. The highest BCUT2D eigenvalue weighted by molar-refractivity contribution is 5.83. The molecule has 6 N–H and O–H groups in total.